The highest BCUT2D eigenvalue weighted by atomic mass is 32.2. The molecule has 10 heteroatoms. The summed E-state index contributed by atoms with van der Waals surface area (Å²) in [4.78, 5) is 23.7. The van der Waals surface area contributed by atoms with Crippen LogP contribution in [0.25, 0.3) is 0 Å². The fourth-order valence-electron chi connectivity index (χ4n) is 4.00. The number of nitrogens with zero attached hydrogens (tertiary/aromatic N) is 4. The Labute approximate surface area is 222 Å². The van der Waals surface area contributed by atoms with Crippen molar-refractivity contribution in [3.05, 3.63) is 107 Å². The Morgan fingerprint density at radius 2 is 1.92 bits per heavy atom. The van der Waals surface area contributed by atoms with Gasteiger partial charge >= 0.3 is 12.1 Å². The SMILES string of the molecule is CCOC(=O)C1=C(C)N(c2cccc(C(F)(F)F)c2)C(SCc2cccnc2)=NC1c1ccc(C#N)cc1. The number of anilines is 1. The Morgan fingerprint density at radius 3 is 2.55 bits per heavy atom. The third kappa shape index (κ3) is 5.89. The predicted octanol–water partition coefficient (Wildman–Crippen LogP) is 6.66. The van der Waals surface area contributed by atoms with Crippen molar-refractivity contribution < 1.29 is 22.7 Å². The minimum atomic E-state index is -4.54. The minimum Gasteiger partial charge on any atom is -0.463 e. The molecule has 0 saturated heterocycles. The van der Waals surface area contributed by atoms with Gasteiger partial charge in [0, 0.05) is 29.5 Å². The van der Waals surface area contributed by atoms with Crippen LogP contribution in [0.1, 0.15) is 42.1 Å². The first-order chi connectivity index (χ1) is 18.2. The fraction of sp³-hybridized carbons (Fsp3) is 0.214. The number of carbonyl (C=O) groups is 1. The Hall–Kier alpha value is -4.10. The topological polar surface area (TPSA) is 78.6 Å². The summed E-state index contributed by atoms with van der Waals surface area (Å²) in [5.41, 5.74) is 2.01. The molecule has 1 unspecified atom stereocenters. The van der Waals surface area contributed by atoms with E-state index in [1.807, 2.05) is 6.07 Å². The van der Waals surface area contributed by atoms with E-state index in [4.69, 9.17) is 9.73 Å². The molecule has 3 aromatic rings. The summed E-state index contributed by atoms with van der Waals surface area (Å²) in [7, 11) is 0. The second-order valence-electron chi connectivity index (χ2n) is 8.30. The molecule has 6 nitrogen and oxygen atoms in total. The van der Waals surface area contributed by atoms with Crippen molar-refractivity contribution in [2.75, 3.05) is 11.5 Å². The number of esters is 1. The maximum absolute atomic E-state index is 13.6. The number of pyridine rings is 1. The van der Waals surface area contributed by atoms with Crippen LogP contribution in [0, 0.1) is 11.3 Å². The zero-order chi connectivity index (χ0) is 27.3. The molecule has 38 heavy (non-hydrogen) atoms. The van der Waals surface area contributed by atoms with E-state index in [1.54, 1.807) is 67.5 Å². The van der Waals surface area contributed by atoms with E-state index in [-0.39, 0.29) is 17.9 Å². The highest BCUT2D eigenvalue weighted by molar-refractivity contribution is 8.13. The number of amidine groups is 1. The van der Waals surface area contributed by atoms with Crippen molar-refractivity contribution >= 4 is 28.6 Å². The number of rotatable bonds is 6. The molecule has 1 atom stereocenters. The van der Waals surface area contributed by atoms with Crippen LogP contribution < -0.4 is 4.90 Å². The molecule has 0 radical (unpaired) electrons. The van der Waals surface area contributed by atoms with Crippen LogP contribution in [-0.4, -0.2) is 22.7 Å². The molecule has 2 heterocycles. The van der Waals surface area contributed by atoms with Gasteiger partial charge in [0.05, 0.1) is 29.4 Å². The Kier molecular flexibility index (Phi) is 8.17. The average Bonchev–Trinajstić information content (AvgIpc) is 2.92. The van der Waals surface area contributed by atoms with E-state index in [2.05, 4.69) is 11.1 Å². The molecule has 2 aromatic carbocycles. The smallest absolute Gasteiger partial charge is 0.416 e. The van der Waals surface area contributed by atoms with Crippen molar-refractivity contribution in [3.63, 3.8) is 0 Å². The summed E-state index contributed by atoms with van der Waals surface area (Å²) in [6.07, 6.45) is -1.19. The van der Waals surface area contributed by atoms with E-state index in [0.29, 0.717) is 27.7 Å². The van der Waals surface area contributed by atoms with Gasteiger partial charge < -0.3 is 4.74 Å². The number of thioether (sulfide) groups is 1. The lowest BCUT2D eigenvalue weighted by Crippen LogP contribution is -2.35. The second kappa shape index (κ2) is 11.5. The first kappa shape index (κ1) is 26.9. The molecule has 0 spiro atoms. The lowest BCUT2D eigenvalue weighted by atomic mass is 9.95. The quantitative estimate of drug-likeness (QED) is 0.328. The van der Waals surface area contributed by atoms with Gasteiger partial charge in [0.15, 0.2) is 5.17 Å². The van der Waals surface area contributed by atoms with E-state index in [0.717, 1.165) is 17.7 Å². The first-order valence-electron chi connectivity index (χ1n) is 11.7. The van der Waals surface area contributed by atoms with Gasteiger partial charge in [0.25, 0.3) is 0 Å². The van der Waals surface area contributed by atoms with Gasteiger partial charge in [0.1, 0.15) is 6.04 Å². The van der Waals surface area contributed by atoms with Crippen molar-refractivity contribution in [2.24, 2.45) is 4.99 Å². The molecule has 1 aliphatic rings. The number of halogens is 3. The number of nitriles is 1. The minimum absolute atomic E-state index is 0.117. The monoisotopic (exact) mass is 536 g/mol. The van der Waals surface area contributed by atoms with Gasteiger partial charge in [-0.3, -0.25) is 9.88 Å². The Balaban J connectivity index is 1.86. The molecule has 0 amide bonds. The summed E-state index contributed by atoms with van der Waals surface area (Å²) >= 11 is 1.32. The molecule has 1 aliphatic heterocycles. The average molecular weight is 537 g/mol. The normalized spacial score (nSPS) is 15.6. The lowest BCUT2D eigenvalue weighted by Gasteiger charge is -2.35. The molecule has 194 valence electrons. The molecular weight excluding hydrogens is 513 g/mol. The van der Waals surface area contributed by atoms with Gasteiger partial charge in [-0.25, -0.2) is 9.79 Å². The standard InChI is InChI=1S/C28H23F3N4O2S/c1-3-37-26(36)24-18(2)35(23-8-4-7-22(14-23)28(29,30)31)27(38-17-20-6-5-13-33-16-20)34-25(24)21-11-9-19(15-32)10-12-21/h4-14,16,25H,3,17H2,1-2H3. The highest BCUT2D eigenvalue weighted by Crippen LogP contribution is 2.41. The molecular formula is C28H23F3N4O2S. The number of allylic oxidation sites excluding steroid dienone is 1. The van der Waals surface area contributed by atoms with Crippen molar-refractivity contribution in [1.82, 2.24) is 4.98 Å². The highest BCUT2D eigenvalue weighted by Gasteiger charge is 2.36. The Bertz CT molecular complexity index is 1410. The maximum atomic E-state index is 13.6. The Morgan fingerprint density at radius 1 is 1.16 bits per heavy atom. The lowest BCUT2D eigenvalue weighted by molar-refractivity contribution is -0.139. The van der Waals surface area contributed by atoms with E-state index < -0.39 is 23.8 Å². The van der Waals surface area contributed by atoms with Crippen LogP contribution in [0.5, 0.6) is 0 Å². The second-order valence-corrected chi connectivity index (χ2v) is 9.24. The number of aromatic nitrogens is 1. The van der Waals surface area contributed by atoms with Gasteiger partial charge in [-0.15, -0.1) is 0 Å². The zero-order valence-corrected chi connectivity index (χ0v) is 21.4. The summed E-state index contributed by atoms with van der Waals surface area (Å²) in [6, 6.07) is 16.6. The van der Waals surface area contributed by atoms with Crippen LogP contribution >= 0.6 is 11.8 Å². The van der Waals surface area contributed by atoms with Crippen LogP contribution in [-0.2, 0) is 21.5 Å². The molecule has 0 bridgehead atoms. The number of hydrogen-bond donors (Lipinski definition) is 0. The van der Waals surface area contributed by atoms with Gasteiger partial charge in [-0.2, -0.15) is 18.4 Å². The van der Waals surface area contributed by atoms with Crippen molar-refractivity contribution in [2.45, 2.75) is 31.8 Å². The van der Waals surface area contributed by atoms with Gasteiger partial charge in [0.2, 0.25) is 0 Å². The number of aliphatic imine (C=N–C) groups is 1. The molecule has 4 rings (SSSR count). The number of benzene rings is 2. The summed E-state index contributed by atoms with van der Waals surface area (Å²) in [6.45, 7) is 3.46. The molecule has 1 aromatic heterocycles. The van der Waals surface area contributed by atoms with Gasteiger partial charge in [-0.05, 0) is 61.4 Å². The van der Waals surface area contributed by atoms with Crippen LogP contribution in [0.4, 0.5) is 18.9 Å². The molecule has 0 N–H and O–H groups in total. The van der Waals surface area contributed by atoms with Gasteiger partial charge in [-0.1, -0.05) is 36.0 Å². The molecule has 0 aliphatic carbocycles. The van der Waals surface area contributed by atoms with Crippen molar-refractivity contribution in [1.29, 1.82) is 5.26 Å². The summed E-state index contributed by atoms with van der Waals surface area (Å²) < 4.78 is 46.1. The van der Waals surface area contributed by atoms with Crippen molar-refractivity contribution in [3.8, 4) is 6.07 Å². The largest absolute Gasteiger partial charge is 0.463 e. The van der Waals surface area contributed by atoms with Crippen LogP contribution in [0.2, 0.25) is 0 Å². The first-order valence-corrected chi connectivity index (χ1v) is 12.7. The zero-order valence-electron chi connectivity index (χ0n) is 20.6. The number of hydrogen-bond acceptors (Lipinski definition) is 7. The van der Waals surface area contributed by atoms with Crippen LogP contribution in [0.3, 0.4) is 0 Å². The van der Waals surface area contributed by atoms with Crippen LogP contribution in [0.15, 0.2) is 89.3 Å². The number of carbonyl (C=O) groups excluding carboxylic acids is 1. The number of alkyl halides is 3. The van der Waals surface area contributed by atoms with E-state index >= 15 is 0 Å². The maximum Gasteiger partial charge on any atom is 0.416 e. The summed E-state index contributed by atoms with van der Waals surface area (Å²) in [5, 5.41) is 9.61. The fourth-order valence-corrected chi connectivity index (χ4v) is 5.02. The molecule has 0 fully saturated rings. The predicted molar refractivity (Wildman–Crippen MR) is 140 cm³/mol. The third-order valence-electron chi connectivity index (χ3n) is 5.80. The van der Waals surface area contributed by atoms with E-state index in [1.165, 1.54) is 17.8 Å². The number of ether oxygens (including phenoxy) is 1. The molecule has 0 saturated carbocycles. The third-order valence-corrected chi connectivity index (χ3v) is 6.83. The summed E-state index contributed by atoms with van der Waals surface area (Å²) in [5.74, 6) is -0.166. The van der Waals surface area contributed by atoms with E-state index in [9.17, 15) is 23.2 Å².